The molecule has 2 aromatic carbocycles. The molecule has 0 saturated carbocycles. The molecule has 2 heterocycles. The van der Waals surface area contributed by atoms with Gasteiger partial charge in [-0.2, -0.15) is 0 Å². The van der Waals surface area contributed by atoms with Crippen molar-refractivity contribution < 1.29 is 4.79 Å². The summed E-state index contributed by atoms with van der Waals surface area (Å²) in [5.74, 6) is 0.0961. The maximum atomic E-state index is 12.4. The number of amides is 1. The third-order valence-electron chi connectivity index (χ3n) is 3.81. The average molecular weight is 248 g/mol. The molecule has 92 valence electrons. The Morgan fingerprint density at radius 3 is 2.89 bits per heavy atom. The van der Waals surface area contributed by atoms with Crippen LogP contribution < -0.4 is 0 Å². The van der Waals surface area contributed by atoms with E-state index in [4.69, 9.17) is 0 Å². The minimum Gasteiger partial charge on any atom is -0.337 e. The van der Waals surface area contributed by atoms with Gasteiger partial charge in [-0.15, -0.1) is 0 Å². The van der Waals surface area contributed by atoms with E-state index >= 15 is 0 Å². The lowest BCUT2D eigenvalue weighted by Gasteiger charge is -2.07. The minimum atomic E-state index is 0.0961. The highest BCUT2D eigenvalue weighted by Crippen LogP contribution is 2.33. The zero-order valence-electron chi connectivity index (χ0n) is 10.6. The standard InChI is InChI=1S/C16H12N2O/c1-18-9-11-6-7-13-15(14(11)16(18)19)12-5-3-2-4-10(12)8-17-13/h2-8H,9H2,1H3. The molecule has 0 bridgehead atoms. The molecule has 0 aliphatic carbocycles. The van der Waals surface area contributed by atoms with Gasteiger partial charge in [-0.05, 0) is 17.0 Å². The van der Waals surface area contributed by atoms with Crippen LogP contribution in [-0.4, -0.2) is 22.8 Å². The van der Waals surface area contributed by atoms with Crippen LogP contribution in [0.5, 0.6) is 0 Å². The maximum absolute atomic E-state index is 12.4. The Hall–Kier alpha value is -2.42. The summed E-state index contributed by atoms with van der Waals surface area (Å²) in [6.07, 6.45) is 1.87. The molecule has 1 aliphatic rings. The Balaban J connectivity index is 2.25. The monoisotopic (exact) mass is 248 g/mol. The van der Waals surface area contributed by atoms with Gasteiger partial charge in [-0.1, -0.05) is 30.3 Å². The van der Waals surface area contributed by atoms with Crippen molar-refractivity contribution in [2.75, 3.05) is 7.05 Å². The highest BCUT2D eigenvalue weighted by atomic mass is 16.2. The first kappa shape index (κ1) is 10.5. The van der Waals surface area contributed by atoms with Crippen LogP contribution >= 0.6 is 0 Å². The third-order valence-corrected chi connectivity index (χ3v) is 3.81. The van der Waals surface area contributed by atoms with Gasteiger partial charge in [0.25, 0.3) is 5.91 Å². The Morgan fingerprint density at radius 1 is 1.16 bits per heavy atom. The Kier molecular flexibility index (Phi) is 1.96. The van der Waals surface area contributed by atoms with Crippen molar-refractivity contribution in [1.82, 2.24) is 9.88 Å². The van der Waals surface area contributed by atoms with Gasteiger partial charge < -0.3 is 4.90 Å². The van der Waals surface area contributed by atoms with E-state index in [-0.39, 0.29) is 5.91 Å². The zero-order chi connectivity index (χ0) is 13.0. The van der Waals surface area contributed by atoms with Crippen molar-refractivity contribution in [3.05, 3.63) is 53.7 Å². The molecular weight excluding hydrogens is 236 g/mol. The molecule has 3 nitrogen and oxygen atoms in total. The fourth-order valence-electron chi connectivity index (χ4n) is 2.89. The summed E-state index contributed by atoms with van der Waals surface area (Å²) in [4.78, 5) is 18.6. The van der Waals surface area contributed by atoms with E-state index in [1.807, 2.05) is 43.6 Å². The Labute approximate surface area is 110 Å². The van der Waals surface area contributed by atoms with Crippen molar-refractivity contribution in [3.8, 4) is 0 Å². The van der Waals surface area contributed by atoms with Crippen molar-refractivity contribution in [2.24, 2.45) is 0 Å². The number of aromatic nitrogens is 1. The van der Waals surface area contributed by atoms with Gasteiger partial charge in [0.2, 0.25) is 0 Å². The second kappa shape index (κ2) is 3.54. The first-order valence-electron chi connectivity index (χ1n) is 6.30. The minimum absolute atomic E-state index is 0.0961. The molecule has 0 N–H and O–H groups in total. The number of hydrogen-bond acceptors (Lipinski definition) is 2. The van der Waals surface area contributed by atoms with Gasteiger partial charge in [-0.3, -0.25) is 9.78 Å². The number of hydrogen-bond donors (Lipinski definition) is 0. The van der Waals surface area contributed by atoms with Crippen molar-refractivity contribution >= 4 is 27.6 Å². The lowest BCUT2D eigenvalue weighted by Crippen LogP contribution is -2.17. The van der Waals surface area contributed by atoms with E-state index in [0.717, 1.165) is 32.8 Å². The Morgan fingerprint density at radius 2 is 2.00 bits per heavy atom. The summed E-state index contributed by atoms with van der Waals surface area (Å²) in [7, 11) is 1.84. The summed E-state index contributed by atoms with van der Waals surface area (Å²) in [5.41, 5.74) is 2.81. The van der Waals surface area contributed by atoms with Crippen LogP contribution in [0.3, 0.4) is 0 Å². The largest absolute Gasteiger partial charge is 0.337 e. The van der Waals surface area contributed by atoms with Gasteiger partial charge in [-0.25, -0.2) is 0 Å². The van der Waals surface area contributed by atoms with Crippen molar-refractivity contribution in [1.29, 1.82) is 0 Å². The number of rotatable bonds is 0. The van der Waals surface area contributed by atoms with Crippen LogP contribution in [0.4, 0.5) is 0 Å². The molecule has 3 aromatic rings. The summed E-state index contributed by atoms with van der Waals surface area (Å²) < 4.78 is 0. The van der Waals surface area contributed by atoms with E-state index in [1.54, 1.807) is 4.90 Å². The molecule has 3 heteroatoms. The van der Waals surface area contributed by atoms with Gasteiger partial charge >= 0.3 is 0 Å². The van der Waals surface area contributed by atoms with Crippen LogP contribution in [0.15, 0.2) is 42.6 Å². The van der Waals surface area contributed by atoms with Gasteiger partial charge in [0.05, 0.1) is 11.1 Å². The first-order valence-corrected chi connectivity index (χ1v) is 6.30. The topological polar surface area (TPSA) is 33.2 Å². The van der Waals surface area contributed by atoms with E-state index in [1.165, 1.54) is 0 Å². The molecule has 4 rings (SSSR count). The fourth-order valence-corrected chi connectivity index (χ4v) is 2.89. The predicted molar refractivity (Wildman–Crippen MR) is 75.0 cm³/mol. The molecule has 0 radical (unpaired) electrons. The van der Waals surface area contributed by atoms with Crippen LogP contribution in [0.25, 0.3) is 21.7 Å². The quantitative estimate of drug-likeness (QED) is 0.573. The van der Waals surface area contributed by atoms with Gasteiger partial charge in [0.1, 0.15) is 0 Å². The molecule has 1 aliphatic heterocycles. The summed E-state index contributed by atoms with van der Waals surface area (Å²) in [6.45, 7) is 0.688. The SMILES string of the molecule is CN1Cc2ccc3ncc4ccccc4c3c2C1=O. The number of pyridine rings is 1. The van der Waals surface area contributed by atoms with Crippen molar-refractivity contribution in [2.45, 2.75) is 6.54 Å². The van der Waals surface area contributed by atoms with Crippen LogP contribution in [-0.2, 0) is 6.54 Å². The zero-order valence-corrected chi connectivity index (χ0v) is 10.6. The van der Waals surface area contributed by atoms with Crippen LogP contribution in [0.2, 0.25) is 0 Å². The molecule has 0 atom stereocenters. The molecule has 0 unspecified atom stereocenters. The average Bonchev–Trinajstić information content (AvgIpc) is 2.74. The number of nitrogens with zero attached hydrogens (tertiary/aromatic N) is 2. The normalized spacial score (nSPS) is 14.4. The summed E-state index contributed by atoms with van der Waals surface area (Å²) in [5, 5.41) is 3.17. The van der Waals surface area contributed by atoms with Gasteiger partial charge in [0, 0.05) is 30.6 Å². The molecule has 0 fully saturated rings. The van der Waals surface area contributed by atoms with Crippen LogP contribution in [0.1, 0.15) is 15.9 Å². The highest BCUT2D eigenvalue weighted by molar-refractivity contribution is 6.18. The lowest BCUT2D eigenvalue weighted by molar-refractivity contribution is 0.0818. The lowest BCUT2D eigenvalue weighted by atomic mass is 9.99. The number of carbonyl (C=O) groups is 1. The van der Waals surface area contributed by atoms with E-state index in [9.17, 15) is 4.79 Å². The molecule has 19 heavy (non-hydrogen) atoms. The smallest absolute Gasteiger partial charge is 0.254 e. The molecule has 1 aromatic heterocycles. The summed E-state index contributed by atoms with van der Waals surface area (Å²) in [6, 6.07) is 12.1. The summed E-state index contributed by atoms with van der Waals surface area (Å²) >= 11 is 0. The third kappa shape index (κ3) is 1.32. The maximum Gasteiger partial charge on any atom is 0.254 e. The second-order valence-electron chi connectivity index (χ2n) is 5.00. The molecular formula is C16H12N2O. The first-order chi connectivity index (χ1) is 9.25. The number of carbonyl (C=O) groups excluding carboxylic acids is 1. The van der Waals surface area contributed by atoms with E-state index < -0.39 is 0 Å². The second-order valence-corrected chi connectivity index (χ2v) is 5.00. The van der Waals surface area contributed by atoms with Crippen molar-refractivity contribution in [3.63, 3.8) is 0 Å². The highest BCUT2D eigenvalue weighted by Gasteiger charge is 2.27. The number of fused-ring (bicyclic) bond motifs is 5. The van der Waals surface area contributed by atoms with E-state index in [0.29, 0.717) is 6.54 Å². The number of benzene rings is 2. The molecule has 0 saturated heterocycles. The predicted octanol–water partition coefficient (Wildman–Crippen LogP) is 2.97. The van der Waals surface area contributed by atoms with Crippen LogP contribution in [0, 0.1) is 0 Å². The van der Waals surface area contributed by atoms with E-state index in [2.05, 4.69) is 11.1 Å². The van der Waals surface area contributed by atoms with Gasteiger partial charge in [0.15, 0.2) is 0 Å². The Bertz CT molecular complexity index is 839. The molecule has 1 amide bonds. The fraction of sp³-hybridized carbons (Fsp3) is 0.125. The molecule has 0 spiro atoms.